The molecule has 0 aromatic heterocycles. The molecule has 0 spiro atoms. The summed E-state index contributed by atoms with van der Waals surface area (Å²) in [5.74, 6) is -1.20. The number of thiol groups is 1. The van der Waals surface area contributed by atoms with Crippen molar-refractivity contribution in [1.82, 2.24) is 5.32 Å². The number of esters is 1. The van der Waals surface area contributed by atoms with E-state index in [-0.39, 0.29) is 41.2 Å². The van der Waals surface area contributed by atoms with E-state index in [0.717, 1.165) is 12.1 Å². The van der Waals surface area contributed by atoms with Gasteiger partial charge in [0.05, 0.1) is 29.5 Å². The zero-order chi connectivity index (χ0) is 24.9. The van der Waals surface area contributed by atoms with Crippen molar-refractivity contribution in [3.05, 3.63) is 70.9 Å². The third-order valence-corrected chi connectivity index (χ3v) is 5.47. The summed E-state index contributed by atoms with van der Waals surface area (Å²) in [7, 11) is -2.86. The summed E-state index contributed by atoms with van der Waals surface area (Å²) in [6, 6.07) is 9.57. The zero-order valence-electron chi connectivity index (χ0n) is 17.9. The van der Waals surface area contributed by atoms with E-state index >= 15 is 0 Å². The van der Waals surface area contributed by atoms with E-state index < -0.39 is 40.5 Å². The maximum Gasteiger partial charge on any atom is 0.416 e. The SMILES string of the molecule is CCOC(=O)C1=C(NC(=O)c2ccc(N[SH](=O)=O)cc2)C(Nc2cccc(C(F)(F)F)c2)CC1. The lowest BCUT2D eigenvalue weighted by atomic mass is 10.1. The van der Waals surface area contributed by atoms with Crippen LogP contribution in [0.2, 0.25) is 0 Å². The summed E-state index contributed by atoms with van der Waals surface area (Å²) in [5.41, 5.74) is 0.242. The molecular weight excluding hydrogens is 475 g/mol. The first kappa shape index (κ1) is 25.1. The molecule has 0 saturated carbocycles. The van der Waals surface area contributed by atoms with Gasteiger partial charge in [-0.2, -0.15) is 13.2 Å². The second kappa shape index (κ2) is 10.6. The highest BCUT2D eigenvalue weighted by Gasteiger charge is 2.33. The van der Waals surface area contributed by atoms with Gasteiger partial charge >= 0.3 is 12.1 Å². The van der Waals surface area contributed by atoms with Crippen LogP contribution < -0.4 is 15.4 Å². The summed E-state index contributed by atoms with van der Waals surface area (Å²) in [6.07, 6.45) is -3.92. The molecule has 1 amide bonds. The topological polar surface area (TPSA) is 114 Å². The lowest BCUT2D eigenvalue weighted by Gasteiger charge is -2.20. The Morgan fingerprint density at radius 2 is 1.79 bits per heavy atom. The van der Waals surface area contributed by atoms with E-state index in [1.165, 1.54) is 36.4 Å². The van der Waals surface area contributed by atoms with Crippen LogP contribution in [0.4, 0.5) is 24.5 Å². The van der Waals surface area contributed by atoms with Crippen LogP contribution >= 0.6 is 0 Å². The molecule has 2 aromatic rings. The summed E-state index contributed by atoms with van der Waals surface area (Å²) in [5, 5.41) is 5.64. The van der Waals surface area contributed by atoms with Gasteiger partial charge in [0, 0.05) is 16.9 Å². The van der Waals surface area contributed by atoms with Crippen LogP contribution in [0, 0.1) is 0 Å². The molecule has 3 rings (SSSR count). The van der Waals surface area contributed by atoms with Crippen LogP contribution in [-0.4, -0.2) is 32.9 Å². The zero-order valence-corrected chi connectivity index (χ0v) is 18.8. The lowest BCUT2D eigenvalue weighted by Crippen LogP contribution is -2.33. The van der Waals surface area contributed by atoms with Crippen LogP contribution in [0.15, 0.2) is 59.8 Å². The number of benzene rings is 2. The Hall–Kier alpha value is -3.54. The summed E-state index contributed by atoms with van der Waals surface area (Å²) in [4.78, 5) is 25.3. The normalized spacial score (nSPS) is 15.9. The highest BCUT2D eigenvalue weighted by atomic mass is 32.2. The van der Waals surface area contributed by atoms with Crippen molar-refractivity contribution >= 4 is 34.1 Å². The highest BCUT2D eigenvalue weighted by molar-refractivity contribution is 7.73. The third-order valence-electron chi connectivity index (χ3n) is 5.02. The van der Waals surface area contributed by atoms with Crippen LogP contribution in [0.3, 0.4) is 0 Å². The Morgan fingerprint density at radius 3 is 2.41 bits per heavy atom. The molecule has 2 aromatic carbocycles. The van der Waals surface area contributed by atoms with Crippen LogP contribution in [0.25, 0.3) is 0 Å². The van der Waals surface area contributed by atoms with E-state index in [1.54, 1.807) is 6.92 Å². The minimum atomic E-state index is -4.52. The minimum Gasteiger partial charge on any atom is -0.463 e. The second-order valence-electron chi connectivity index (χ2n) is 7.33. The average molecular weight is 497 g/mol. The molecule has 0 heterocycles. The van der Waals surface area contributed by atoms with Crippen molar-refractivity contribution in [3.63, 3.8) is 0 Å². The highest BCUT2D eigenvalue weighted by Crippen LogP contribution is 2.33. The predicted molar refractivity (Wildman–Crippen MR) is 120 cm³/mol. The van der Waals surface area contributed by atoms with Gasteiger partial charge in [-0.25, -0.2) is 13.2 Å². The minimum absolute atomic E-state index is 0.117. The van der Waals surface area contributed by atoms with E-state index in [1.807, 2.05) is 0 Å². The van der Waals surface area contributed by atoms with Gasteiger partial charge in [-0.3, -0.25) is 9.52 Å². The average Bonchev–Trinajstić information content (AvgIpc) is 3.15. The summed E-state index contributed by atoms with van der Waals surface area (Å²) >= 11 is 0. The number of carbonyl (C=O) groups excluding carboxylic acids is 2. The Kier molecular flexibility index (Phi) is 7.82. The smallest absolute Gasteiger partial charge is 0.416 e. The fourth-order valence-corrected chi connectivity index (χ4v) is 3.86. The number of rotatable bonds is 8. The second-order valence-corrected chi connectivity index (χ2v) is 8.07. The lowest BCUT2D eigenvalue weighted by molar-refractivity contribution is -0.139. The molecule has 0 fully saturated rings. The fraction of sp³-hybridized carbons (Fsp3) is 0.273. The largest absolute Gasteiger partial charge is 0.463 e. The number of halogens is 3. The Balaban J connectivity index is 1.85. The third kappa shape index (κ3) is 6.28. The Labute approximate surface area is 195 Å². The van der Waals surface area contributed by atoms with Gasteiger partial charge < -0.3 is 15.4 Å². The number of alkyl halides is 3. The summed E-state index contributed by atoms with van der Waals surface area (Å²) < 4.78 is 68.0. The molecule has 1 atom stereocenters. The molecule has 12 heteroatoms. The molecule has 34 heavy (non-hydrogen) atoms. The van der Waals surface area contributed by atoms with E-state index in [4.69, 9.17) is 4.74 Å². The van der Waals surface area contributed by atoms with Crippen molar-refractivity contribution < 1.29 is 35.9 Å². The fourth-order valence-electron chi connectivity index (χ4n) is 3.50. The first-order valence-corrected chi connectivity index (χ1v) is 11.4. The van der Waals surface area contributed by atoms with Gasteiger partial charge in [-0.15, -0.1) is 0 Å². The molecule has 182 valence electrons. The molecule has 1 aliphatic carbocycles. The van der Waals surface area contributed by atoms with Gasteiger partial charge in [-0.05, 0) is 62.2 Å². The van der Waals surface area contributed by atoms with Crippen molar-refractivity contribution in [1.29, 1.82) is 0 Å². The number of hydrogen-bond donors (Lipinski definition) is 4. The molecule has 8 nitrogen and oxygen atoms in total. The van der Waals surface area contributed by atoms with Crippen LogP contribution in [-0.2, 0) is 26.6 Å². The van der Waals surface area contributed by atoms with Gasteiger partial charge in [0.1, 0.15) is 0 Å². The number of ether oxygens (including phenoxy) is 1. The molecule has 0 saturated heterocycles. The molecule has 1 unspecified atom stereocenters. The van der Waals surface area contributed by atoms with Gasteiger partial charge in [0.15, 0.2) is 0 Å². The van der Waals surface area contributed by atoms with E-state index in [2.05, 4.69) is 15.4 Å². The maximum absolute atomic E-state index is 13.1. The van der Waals surface area contributed by atoms with Crippen molar-refractivity contribution in [2.45, 2.75) is 32.0 Å². The molecule has 0 radical (unpaired) electrons. The van der Waals surface area contributed by atoms with Gasteiger partial charge in [0.25, 0.3) is 5.91 Å². The molecular formula is C22H22F3N3O5S. The molecule has 0 aliphatic heterocycles. The summed E-state index contributed by atoms with van der Waals surface area (Å²) in [6.45, 7) is 1.75. The monoisotopic (exact) mass is 497 g/mol. The maximum atomic E-state index is 13.1. The number of anilines is 2. The van der Waals surface area contributed by atoms with E-state index in [0.29, 0.717) is 6.42 Å². The van der Waals surface area contributed by atoms with E-state index in [9.17, 15) is 31.2 Å². The van der Waals surface area contributed by atoms with Gasteiger partial charge in [0.2, 0.25) is 10.9 Å². The Bertz CT molecular complexity index is 1170. The van der Waals surface area contributed by atoms with Crippen LogP contribution in [0.1, 0.15) is 35.7 Å². The number of carbonyl (C=O) groups is 2. The van der Waals surface area contributed by atoms with Gasteiger partial charge in [-0.1, -0.05) is 6.07 Å². The standard InChI is InChI=1S/C22H22F3N3O5S/c1-2-33-21(30)17-10-11-18(26-16-5-3-4-14(12-16)22(23,24)25)19(17)27-20(29)13-6-8-15(9-7-13)28-34(31)32/h3-9,12,18,26,34H,2,10-11H2,1H3,(H,27,29)(H,28,31,32). The first-order chi connectivity index (χ1) is 16.1. The van der Waals surface area contributed by atoms with Crippen LogP contribution in [0.5, 0.6) is 0 Å². The van der Waals surface area contributed by atoms with Crippen molar-refractivity contribution in [2.75, 3.05) is 16.6 Å². The molecule has 1 aliphatic rings. The van der Waals surface area contributed by atoms with Crippen molar-refractivity contribution in [2.24, 2.45) is 0 Å². The number of hydrogen-bond acceptors (Lipinski definition) is 6. The number of nitrogens with one attached hydrogen (secondary N) is 3. The molecule has 0 bridgehead atoms. The Morgan fingerprint density at radius 1 is 1.09 bits per heavy atom. The quantitative estimate of drug-likeness (QED) is 0.328. The first-order valence-electron chi connectivity index (χ1n) is 10.2. The molecule has 3 N–H and O–H groups in total. The predicted octanol–water partition coefficient (Wildman–Crippen LogP) is 3.47. The van der Waals surface area contributed by atoms with Crippen molar-refractivity contribution in [3.8, 4) is 0 Å². The number of amides is 1.